The number of benzene rings is 1. The molecule has 0 amide bonds. The summed E-state index contributed by atoms with van der Waals surface area (Å²) in [7, 11) is 0. The average Bonchev–Trinajstić information content (AvgIpc) is 2.32. The minimum absolute atomic E-state index is 0.299. The molecule has 0 radical (unpaired) electrons. The molecule has 0 fully saturated rings. The van der Waals surface area contributed by atoms with Crippen molar-refractivity contribution in [2.75, 3.05) is 0 Å². The zero-order valence-electron chi connectivity index (χ0n) is 9.41. The molecule has 1 aromatic heterocycles. The molecule has 0 saturated carbocycles. The van der Waals surface area contributed by atoms with Gasteiger partial charge in [-0.1, -0.05) is 17.7 Å². The average molecular weight is 330 g/mol. The van der Waals surface area contributed by atoms with Crippen molar-refractivity contribution in [2.24, 2.45) is 5.73 Å². The fourth-order valence-corrected chi connectivity index (χ4v) is 2.21. The molecular formula is C13H11BrClFN2. The lowest BCUT2D eigenvalue weighted by Gasteiger charge is -2.13. The van der Waals surface area contributed by atoms with Crippen LogP contribution in [0.25, 0.3) is 0 Å². The standard InChI is InChI=1S/C13H11BrClFN2/c14-8-1-3-10(18-7-8)6-13(17)11-4-2-9(16)5-12(11)15/h1-5,7,13H,6,17H2. The van der Waals surface area contributed by atoms with Gasteiger partial charge in [-0.05, 0) is 45.8 Å². The summed E-state index contributed by atoms with van der Waals surface area (Å²) in [5, 5.41) is 0.347. The van der Waals surface area contributed by atoms with Crippen LogP contribution in [0.3, 0.4) is 0 Å². The number of pyridine rings is 1. The van der Waals surface area contributed by atoms with Crippen LogP contribution in [0.5, 0.6) is 0 Å². The fraction of sp³-hybridized carbons (Fsp3) is 0.154. The number of halogens is 3. The topological polar surface area (TPSA) is 38.9 Å². The first-order valence-corrected chi connectivity index (χ1v) is 6.54. The number of hydrogen-bond donors (Lipinski definition) is 1. The smallest absolute Gasteiger partial charge is 0.124 e. The normalized spacial score (nSPS) is 12.4. The van der Waals surface area contributed by atoms with E-state index in [1.165, 1.54) is 12.1 Å². The van der Waals surface area contributed by atoms with E-state index in [9.17, 15) is 4.39 Å². The molecule has 0 spiro atoms. The van der Waals surface area contributed by atoms with Gasteiger partial charge in [-0.15, -0.1) is 0 Å². The third-order valence-electron chi connectivity index (χ3n) is 2.58. The summed E-state index contributed by atoms with van der Waals surface area (Å²) >= 11 is 9.29. The molecule has 1 atom stereocenters. The Balaban J connectivity index is 2.16. The molecule has 1 aromatic carbocycles. The first-order valence-electron chi connectivity index (χ1n) is 5.37. The molecule has 1 unspecified atom stereocenters. The molecule has 2 N–H and O–H groups in total. The monoisotopic (exact) mass is 328 g/mol. The van der Waals surface area contributed by atoms with Crippen LogP contribution in [0.2, 0.25) is 5.02 Å². The van der Waals surface area contributed by atoms with Gasteiger partial charge in [0.2, 0.25) is 0 Å². The molecule has 2 aromatic rings. The fourth-order valence-electron chi connectivity index (χ4n) is 1.66. The van der Waals surface area contributed by atoms with Gasteiger partial charge in [0.05, 0.1) is 0 Å². The summed E-state index contributed by atoms with van der Waals surface area (Å²) in [4.78, 5) is 4.25. The molecule has 18 heavy (non-hydrogen) atoms. The summed E-state index contributed by atoms with van der Waals surface area (Å²) in [6.45, 7) is 0. The summed E-state index contributed by atoms with van der Waals surface area (Å²) in [5.41, 5.74) is 7.65. The number of aromatic nitrogens is 1. The molecule has 5 heteroatoms. The van der Waals surface area contributed by atoms with Gasteiger partial charge in [0, 0.05) is 33.8 Å². The number of nitrogens with zero attached hydrogens (tertiary/aromatic N) is 1. The van der Waals surface area contributed by atoms with Crippen molar-refractivity contribution < 1.29 is 4.39 Å². The molecule has 2 nitrogen and oxygen atoms in total. The van der Waals surface area contributed by atoms with Crippen molar-refractivity contribution >= 4 is 27.5 Å². The lowest BCUT2D eigenvalue weighted by Crippen LogP contribution is -2.14. The second kappa shape index (κ2) is 5.78. The lowest BCUT2D eigenvalue weighted by molar-refractivity contribution is 0.624. The van der Waals surface area contributed by atoms with E-state index in [-0.39, 0.29) is 11.9 Å². The quantitative estimate of drug-likeness (QED) is 0.928. The number of nitrogens with two attached hydrogens (primary N) is 1. The van der Waals surface area contributed by atoms with Gasteiger partial charge < -0.3 is 5.73 Å². The van der Waals surface area contributed by atoms with Gasteiger partial charge in [-0.2, -0.15) is 0 Å². The maximum Gasteiger partial charge on any atom is 0.124 e. The van der Waals surface area contributed by atoms with Crippen molar-refractivity contribution in [3.63, 3.8) is 0 Å². The predicted octanol–water partition coefficient (Wildman–Crippen LogP) is 3.88. The van der Waals surface area contributed by atoms with Gasteiger partial charge in [-0.25, -0.2) is 4.39 Å². The first kappa shape index (κ1) is 13.5. The second-order valence-electron chi connectivity index (χ2n) is 3.94. The second-order valence-corrected chi connectivity index (χ2v) is 5.27. The Morgan fingerprint density at radius 2 is 2.11 bits per heavy atom. The molecule has 1 heterocycles. The Labute approximate surface area is 118 Å². The van der Waals surface area contributed by atoms with Gasteiger partial charge in [-0.3, -0.25) is 4.98 Å². The Bertz CT molecular complexity index is 545. The maximum absolute atomic E-state index is 12.9. The Kier molecular flexibility index (Phi) is 4.32. The predicted molar refractivity (Wildman–Crippen MR) is 74.0 cm³/mol. The first-order chi connectivity index (χ1) is 8.56. The minimum Gasteiger partial charge on any atom is -0.324 e. The van der Waals surface area contributed by atoms with Crippen LogP contribution >= 0.6 is 27.5 Å². The highest BCUT2D eigenvalue weighted by Crippen LogP contribution is 2.24. The molecule has 0 saturated heterocycles. The van der Waals surface area contributed by atoms with Crippen molar-refractivity contribution in [3.8, 4) is 0 Å². The zero-order chi connectivity index (χ0) is 13.1. The summed E-state index contributed by atoms with van der Waals surface area (Å²) in [5.74, 6) is -0.363. The van der Waals surface area contributed by atoms with Crippen molar-refractivity contribution in [3.05, 3.63) is 63.1 Å². The molecule has 0 aliphatic carbocycles. The largest absolute Gasteiger partial charge is 0.324 e. The zero-order valence-corrected chi connectivity index (χ0v) is 11.7. The van der Waals surface area contributed by atoms with Crippen LogP contribution in [0.15, 0.2) is 41.0 Å². The highest BCUT2D eigenvalue weighted by molar-refractivity contribution is 9.10. The van der Waals surface area contributed by atoms with E-state index in [1.54, 1.807) is 12.3 Å². The summed E-state index contributed by atoms with van der Waals surface area (Å²) in [6, 6.07) is 7.73. The van der Waals surface area contributed by atoms with E-state index in [4.69, 9.17) is 17.3 Å². The lowest BCUT2D eigenvalue weighted by atomic mass is 10.0. The third kappa shape index (κ3) is 3.28. The van der Waals surface area contributed by atoms with E-state index in [2.05, 4.69) is 20.9 Å². The van der Waals surface area contributed by atoms with Gasteiger partial charge >= 0.3 is 0 Å². The maximum atomic E-state index is 12.9. The van der Waals surface area contributed by atoms with E-state index < -0.39 is 0 Å². The summed E-state index contributed by atoms with van der Waals surface area (Å²) < 4.78 is 13.9. The minimum atomic E-state index is -0.363. The number of hydrogen-bond acceptors (Lipinski definition) is 2. The third-order valence-corrected chi connectivity index (χ3v) is 3.38. The van der Waals surface area contributed by atoms with E-state index in [0.29, 0.717) is 11.4 Å². The Morgan fingerprint density at radius 3 is 2.72 bits per heavy atom. The summed E-state index contributed by atoms with van der Waals surface area (Å²) in [6.07, 6.45) is 2.27. The van der Waals surface area contributed by atoms with Crippen LogP contribution < -0.4 is 5.73 Å². The van der Waals surface area contributed by atoms with Gasteiger partial charge in [0.15, 0.2) is 0 Å². The molecule has 2 rings (SSSR count). The Hall–Kier alpha value is -0.970. The van der Waals surface area contributed by atoms with E-state index in [1.807, 2.05) is 12.1 Å². The molecule has 0 aliphatic rings. The van der Waals surface area contributed by atoms with E-state index in [0.717, 1.165) is 15.7 Å². The van der Waals surface area contributed by atoms with E-state index >= 15 is 0 Å². The molecule has 94 valence electrons. The SMILES string of the molecule is NC(Cc1ccc(Br)cn1)c1ccc(F)cc1Cl. The van der Waals surface area contributed by atoms with Crippen LogP contribution in [0.1, 0.15) is 17.3 Å². The van der Waals surface area contributed by atoms with Crippen LogP contribution in [0.4, 0.5) is 4.39 Å². The van der Waals surface area contributed by atoms with Crippen molar-refractivity contribution in [1.29, 1.82) is 0 Å². The van der Waals surface area contributed by atoms with Gasteiger partial charge in [0.1, 0.15) is 5.82 Å². The van der Waals surface area contributed by atoms with Crippen LogP contribution in [-0.2, 0) is 6.42 Å². The molecular weight excluding hydrogens is 319 g/mol. The van der Waals surface area contributed by atoms with Crippen LogP contribution in [-0.4, -0.2) is 4.98 Å². The van der Waals surface area contributed by atoms with Crippen molar-refractivity contribution in [2.45, 2.75) is 12.5 Å². The molecule has 0 aliphatic heterocycles. The van der Waals surface area contributed by atoms with Crippen molar-refractivity contribution in [1.82, 2.24) is 4.98 Å². The highest BCUT2D eigenvalue weighted by Gasteiger charge is 2.12. The Morgan fingerprint density at radius 1 is 1.33 bits per heavy atom. The van der Waals surface area contributed by atoms with Gasteiger partial charge in [0.25, 0.3) is 0 Å². The molecule has 0 bridgehead atoms. The number of rotatable bonds is 3. The van der Waals surface area contributed by atoms with Crippen LogP contribution in [0, 0.1) is 5.82 Å². The highest BCUT2D eigenvalue weighted by atomic mass is 79.9.